The number of nitrogens with one attached hydrogen (secondary N) is 1. The van der Waals surface area contributed by atoms with Crippen molar-refractivity contribution in [2.45, 2.75) is 17.1 Å². The van der Waals surface area contributed by atoms with E-state index in [0.29, 0.717) is 18.8 Å². The lowest BCUT2D eigenvalue weighted by Crippen LogP contribution is -2.36. The Morgan fingerprint density at radius 3 is 2.56 bits per heavy atom. The van der Waals surface area contributed by atoms with Crippen LogP contribution in [0, 0.1) is 0 Å². The minimum atomic E-state index is -0.0505. The topological polar surface area (TPSA) is 56.4 Å². The average Bonchev–Trinajstić information content (AvgIpc) is 3.35. The molecule has 0 saturated heterocycles. The SMILES string of the molecule is CN(C)C(=O)c1cc2ccc(C3=CCCN(C(=O)c4ccccc4CSc4ccccc4)C3)cc2[nH]1. The van der Waals surface area contributed by atoms with Crippen LogP contribution in [0.25, 0.3) is 16.5 Å². The number of nitrogens with zero attached hydrogens (tertiary/aromatic N) is 2. The standard InChI is InChI=1S/C30H29N3O2S/c1-32(2)30(35)28-18-22-15-14-21(17-27(22)31-28)23-10-8-16-33(19-23)29(34)26-13-7-6-9-24(26)20-36-25-11-4-3-5-12-25/h3-7,9-15,17-18,31H,8,16,19-20H2,1-2H3. The van der Waals surface area contributed by atoms with E-state index in [1.165, 1.54) is 4.90 Å². The Labute approximate surface area is 215 Å². The Hall–Kier alpha value is -3.77. The molecule has 36 heavy (non-hydrogen) atoms. The highest BCUT2D eigenvalue weighted by Gasteiger charge is 2.23. The van der Waals surface area contributed by atoms with Gasteiger partial charge in [0.1, 0.15) is 5.69 Å². The van der Waals surface area contributed by atoms with E-state index in [2.05, 4.69) is 41.4 Å². The number of thioether (sulfide) groups is 1. The van der Waals surface area contributed by atoms with Crippen LogP contribution in [0.15, 0.2) is 89.8 Å². The number of aromatic amines is 1. The molecule has 182 valence electrons. The van der Waals surface area contributed by atoms with E-state index in [9.17, 15) is 9.59 Å². The van der Waals surface area contributed by atoms with Crippen molar-refractivity contribution in [1.29, 1.82) is 0 Å². The maximum Gasteiger partial charge on any atom is 0.269 e. The summed E-state index contributed by atoms with van der Waals surface area (Å²) in [5.74, 6) is 0.773. The number of hydrogen-bond donors (Lipinski definition) is 1. The average molecular weight is 496 g/mol. The van der Waals surface area contributed by atoms with Crippen LogP contribution in [-0.4, -0.2) is 53.8 Å². The third kappa shape index (κ3) is 5.09. The van der Waals surface area contributed by atoms with Crippen LogP contribution < -0.4 is 0 Å². The fourth-order valence-electron chi connectivity index (χ4n) is 4.51. The summed E-state index contributed by atoms with van der Waals surface area (Å²) in [6, 6.07) is 26.3. The quantitative estimate of drug-likeness (QED) is 0.329. The summed E-state index contributed by atoms with van der Waals surface area (Å²) >= 11 is 1.74. The number of hydrogen-bond acceptors (Lipinski definition) is 3. The molecule has 0 spiro atoms. The monoisotopic (exact) mass is 495 g/mol. The van der Waals surface area contributed by atoms with Crippen LogP contribution in [0.3, 0.4) is 0 Å². The Bertz CT molecular complexity index is 1440. The van der Waals surface area contributed by atoms with Gasteiger partial charge >= 0.3 is 0 Å². The first kappa shape index (κ1) is 23.9. The summed E-state index contributed by atoms with van der Waals surface area (Å²) in [4.78, 5) is 33.9. The highest BCUT2D eigenvalue weighted by atomic mass is 32.2. The molecule has 4 aromatic rings. The molecule has 0 saturated carbocycles. The summed E-state index contributed by atoms with van der Waals surface area (Å²) in [5.41, 5.74) is 5.52. The van der Waals surface area contributed by atoms with Gasteiger partial charge < -0.3 is 14.8 Å². The van der Waals surface area contributed by atoms with E-state index in [-0.39, 0.29) is 11.8 Å². The van der Waals surface area contributed by atoms with Crippen LogP contribution in [0.4, 0.5) is 0 Å². The van der Waals surface area contributed by atoms with Crippen molar-refractivity contribution in [2.24, 2.45) is 0 Å². The number of aromatic nitrogens is 1. The van der Waals surface area contributed by atoms with Gasteiger partial charge in [0.15, 0.2) is 0 Å². The van der Waals surface area contributed by atoms with Gasteiger partial charge in [-0.05, 0) is 53.5 Å². The van der Waals surface area contributed by atoms with Gasteiger partial charge in [-0.1, -0.05) is 54.6 Å². The van der Waals surface area contributed by atoms with Gasteiger partial charge in [-0.3, -0.25) is 9.59 Å². The number of rotatable bonds is 6. The van der Waals surface area contributed by atoms with Crippen molar-refractivity contribution in [2.75, 3.05) is 27.2 Å². The minimum absolute atomic E-state index is 0.0505. The van der Waals surface area contributed by atoms with E-state index in [0.717, 1.165) is 45.3 Å². The lowest BCUT2D eigenvalue weighted by atomic mass is 9.99. The number of amides is 2. The Morgan fingerprint density at radius 2 is 1.75 bits per heavy atom. The van der Waals surface area contributed by atoms with Gasteiger partial charge in [0, 0.05) is 54.3 Å². The zero-order chi connectivity index (χ0) is 25.1. The van der Waals surface area contributed by atoms with Crippen molar-refractivity contribution in [3.05, 3.63) is 107 Å². The van der Waals surface area contributed by atoms with Crippen molar-refractivity contribution in [3.8, 4) is 0 Å². The molecule has 2 heterocycles. The molecule has 5 nitrogen and oxygen atoms in total. The first-order chi connectivity index (χ1) is 17.5. The molecular weight excluding hydrogens is 466 g/mol. The van der Waals surface area contributed by atoms with Crippen molar-refractivity contribution >= 4 is 40.1 Å². The van der Waals surface area contributed by atoms with Gasteiger partial charge in [0.25, 0.3) is 11.8 Å². The molecule has 1 aliphatic heterocycles. The molecule has 3 aromatic carbocycles. The second-order valence-electron chi connectivity index (χ2n) is 9.19. The Balaban J connectivity index is 1.33. The summed E-state index contributed by atoms with van der Waals surface area (Å²) in [7, 11) is 3.49. The molecule has 0 bridgehead atoms. The number of carbonyl (C=O) groups excluding carboxylic acids is 2. The van der Waals surface area contributed by atoms with Crippen molar-refractivity contribution in [3.63, 3.8) is 0 Å². The molecule has 5 rings (SSSR count). The van der Waals surface area contributed by atoms with E-state index in [1.807, 2.05) is 53.4 Å². The van der Waals surface area contributed by atoms with E-state index < -0.39 is 0 Å². The van der Waals surface area contributed by atoms with Crippen LogP contribution >= 0.6 is 11.8 Å². The summed E-state index contributed by atoms with van der Waals surface area (Å²) < 4.78 is 0. The summed E-state index contributed by atoms with van der Waals surface area (Å²) in [5, 5.41) is 0.998. The number of benzene rings is 3. The third-order valence-corrected chi connectivity index (χ3v) is 7.51. The van der Waals surface area contributed by atoms with Gasteiger partial charge in [-0.2, -0.15) is 0 Å². The lowest BCUT2D eigenvalue weighted by Gasteiger charge is -2.28. The first-order valence-electron chi connectivity index (χ1n) is 12.1. The fourth-order valence-corrected chi connectivity index (χ4v) is 5.44. The molecular formula is C30H29N3O2S. The second-order valence-corrected chi connectivity index (χ2v) is 10.2. The molecule has 0 fully saturated rings. The van der Waals surface area contributed by atoms with Gasteiger partial charge in [-0.25, -0.2) is 0 Å². The molecule has 6 heteroatoms. The molecule has 1 aliphatic rings. The van der Waals surface area contributed by atoms with Crippen LogP contribution in [0.2, 0.25) is 0 Å². The highest BCUT2D eigenvalue weighted by Crippen LogP contribution is 2.28. The van der Waals surface area contributed by atoms with Crippen LogP contribution in [0.5, 0.6) is 0 Å². The fraction of sp³-hybridized carbons (Fsp3) is 0.200. The maximum absolute atomic E-state index is 13.6. The van der Waals surface area contributed by atoms with Crippen LogP contribution in [0.1, 0.15) is 38.4 Å². The summed E-state index contributed by atoms with van der Waals surface area (Å²) in [6.07, 6.45) is 3.03. The Morgan fingerprint density at radius 1 is 0.972 bits per heavy atom. The van der Waals surface area contributed by atoms with E-state index in [4.69, 9.17) is 0 Å². The normalized spacial score (nSPS) is 13.5. The zero-order valence-corrected chi connectivity index (χ0v) is 21.3. The first-order valence-corrected chi connectivity index (χ1v) is 13.1. The predicted octanol–water partition coefficient (Wildman–Crippen LogP) is 6.09. The number of fused-ring (bicyclic) bond motifs is 1. The largest absolute Gasteiger partial charge is 0.351 e. The van der Waals surface area contributed by atoms with Crippen molar-refractivity contribution < 1.29 is 9.59 Å². The minimum Gasteiger partial charge on any atom is -0.351 e. The second kappa shape index (κ2) is 10.5. The molecule has 0 aliphatic carbocycles. The highest BCUT2D eigenvalue weighted by molar-refractivity contribution is 7.98. The van der Waals surface area contributed by atoms with Gasteiger partial charge in [0.2, 0.25) is 0 Å². The third-order valence-electron chi connectivity index (χ3n) is 6.45. The molecule has 0 unspecified atom stereocenters. The predicted molar refractivity (Wildman–Crippen MR) is 147 cm³/mol. The molecule has 1 aromatic heterocycles. The van der Waals surface area contributed by atoms with Gasteiger partial charge in [0.05, 0.1) is 0 Å². The molecule has 2 amide bonds. The van der Waals surface area contributed by atoms with E-state index in [1.54, 1.807) is 30.8 Å². The van der Waals surface area contributed by atoms with Gasteiger partial charge in [-0.15, -0.1) is 11.8 Å². The zero-order valence-electron chi connectivity index (χ0n) is 20.5. The lowest BCUT2D eigenvalue weighted by molar-refractivity contribution is 0.0773. The molecule has 0 atom stereocenters. The number of H-pyrrole nitrogens is 1. The smallest absolute Gasteiger partial charge is 0.269 e. The van der Waals surface area contributed by atoms with E-state index >= 15 is 0 Å². The van der Waals surface area contributed by atoms with Crippen molar-refractivity contribution in [1.82, 2.24) is 14.8 Å². The molecule has 1 N–H and O–H groups in total. The molecule has 0 radical (unpaired) electrons. The maximum atomic E-state index is 13.6. The summed E-state index contributed by atoms with van der Waals surface area (Å²) in [6.45, 7) is 1.27. The van der Waals surface area contributed by atoms with Crippen LogP contribution in [-0.2, 0) is 5.75 Å². The Kier molecular flexibility index (Phi) is 6.96. The number of carbonyl (C=O) groups is 2.